The molecule has 1 aliphatic rings. The molecule has 4 rings (SSSR count). The van der Waals surface area contributed by atoms with E-state index in [9.17, 15) is 13.6 Å². The number of aryl methyl sites for hydroxylation is 2. The largest absolute Gasteiger partial charge is 0.352 e. The Morgan fingerprint density at radius 3 is 3.04 bits per heavy atom. The first-order valence-corrected chi connectivity index (χ1v) is 8.86. The third-order valence-corrected chi connectivity index (χ3v) is 4.74. The average molecular weight is 371 g/mol. The van der Waals surface area contributed by atoms with Gasteiger partial charge in [0.25, 0.3) is 0 Å². The third kappa shape index (κ3) is 3.89. The van der Waals surface area contributed by atoms with Crippen molar-refractivity contribution in [2.75, 3.05) is 0 Å². The predicted octanol–water partition coefficient (Wildman–Crippen LogP) is 2.62. The van der Waals surface area contributed by atoms with Crippen LogP contribution in [0, 0.1) is 11.6 Å². The minimum Gasteiger partial charge on any atom is -0.352 e. The number of hydrogen-bond acceptors (Lipinski definition) is 3. The van der Waals surface area contributed by atoms with Gasteiger partial charge in [0.1, 0.15) is 17.5 Å². The molecular formula is C19H19F2N5O. The first-order chi connectivity index (χ1) is 13.1. The van der Waals surface area contributed by atoms with E-state index in [4.69, 9.17) is 0 Å². The molecule has 1 aromatic carbocycles. The first-order valence-electron chi connectivity index (χ1n) is 8.86. The van der Waals surface area contributed by atoms with Crippen molar-refractivity contribution >= 4 is 5.91 Å². The highest BCUT2D eigenvalue weighted by Crippen LogP contribution is 2.25. The molecule has 0 radical (unpaired) electrons. The van der Waals surface area contributed by atoms with E-state index in [2.05, 4.69) is 20.3 Å². The lowest BCUT2D eigenvalue weighted by atomic mass is 10.1. The van der Waals surface area contributed by atoms with Gasteiger partial charge in [-0.25, -0.2) is 18.7 Å². The summed E-state index contributed by atoms with van der Waals surface area (Å²) < 4.78 is 29.0. The summed E-state index contributed by atoms with van der Waals surface area (Å²) in [6.45, 7) is 0.584. The van der Waals surface area contributed by atoms with Crippen molar-refractivity contribution in [3.8, 4) is 11.3 Å². The molecule has 1 aliphatic heterocycles. The maximum atomic E-state index is 14.0. The number of imidazole rings is 2. The standard InChI is InChI=1S/C19H19F2N5O/c20-12-1-4-15(16(21)7-12)17-10-26-9-14(2-5-18(26)25-17)24-19(27)6-3-13-8-22-11-23-13/h1,4,7-8,10-11,14H,2-3,5-6,9H2,(H,22,23)(H,24,27). The molecule has 0 spiro atoms. The van der Waals surface area contributed by atoms with Gasteiger partial charge < -0.3 is 14.9 Å². The number of benzene rings is 1. The number of carbonyl (C=O) groups is 1. The van der Waals surface area contributed by atoms with Crippen LogP contribution in [-0.4, -0.2) is 31.5 Å². The highest BCUT2D eigenvalue weighted by atomic mass is 19.1. The molecule has 3 heterocycles. The molecule has 140 valence electrons. The zero-order valence-electron chi connectivity index (χ0n) is 14.6. The van der Waals surface area contributed by atoms with Crippen LogP contribution in [0.15, 0.2) is 36.9 Å². The maximum Gasteiger partial charge on any atom is 0.220 e. The molecule has 1 amide bonds. The van der Waals surface area contributed by atoms with E-state index >= 15 is 0 Å². The van der Waals surface area contributed by atoms with E-state index < -0.39 is 11.6 Å². The lowest BCUT2D eigenvalue weighted by molar-refractivity contribution is -0.122. The van der Waals surface area contributed by atoms with Crippen LogP contribution >= 0.6 is 0 Å². The number of rotatable bonds is 5. The number of nitrogens with zero attached hydrogens (tertiary/aromatic N) is 3. The summed E-state index contributed by atoms with van der Waals surface area (Å²) in [5.74, 6) is -0.410. The molecule has 0 bridgehead atoms. The fraction of sp³-hybridized carbons (Fsp3) is 0.316. The molecular weight excluding hydrogens is 352 g/mol. The lowest BCUT2D eigenvalue weighted by Crippen LogP contribution is -2.40. The smallest absolute Gasteiger partial charge is 0.220 e. The summed E-state index contributed by atoms with van der Waals surface area (Å²) in [6, 6.07) is 3.48. The van der Waals surface area contributed by atoms with Crippen LogP contribution in [0.25, 0.3) is 11.3 Å². The second-order valence-corrected chi connectivity index (χ2v) is 6.70. The SMILES string of the molecule is O=C(CCc1cnc[nH]1)NC1CCc2nc(-c3ccc(F)cc3F)cn2C1. The maximum absolute atomic E-state index is 14.0. The van der Waals surface area contributed by atoms with E-state index in [1.165, 1.54) is 12.1 Å². The summed E-state index contributed by atoms with van der Waals surface area (Å²) in [5.41, 5.74) is 1.68. The molecule has 1 unspecified atom stereocenters. The number of H-pyrrole nitrogens is 1. The quantitative estimate of drug-likeness (QED) is 0.724. The number of amides is 1. The van der Waals surface area contributed by atoms with Gasteiger partial charge in [-0.15, -0.1) is 0 Å². The van der Waals surface area contributed by atoms with E-state index in [0.29, 0.717) is 31.5 Å². The monoisotopic (exact) mass is 371 g/mol. The Morgan fingerprint density at radius 1 is 1.37 bits per heavy atom. The van der Waals surface area contributed by atoms with Crippen molar-refractivity contribution in [1.29, 1.82) is 0 Å². The molecule has 6 nitrogen and oxygen atoms in total. The van der Waals surface area contributed by atoms with Crippen molar-refractivity contribution in [1.82, 2.24) is 24.8 Å². The zero-order valence-corrected chi connectivity index (χ0v) is 14.6. The van der Waals surface area contributed by atoms with Crippen LogP contribution in [0.4, 0.5) is 8.78 Å². The van der Waals surface area contributed by atoms with Crippen LogP contribution in [0.1, 0.15) is 24.4 Å². The van der Waals surface area contributed by atoms with Gasteiger partial charge in [-0.3, -0.25) is 4.79 Å². The zero-order chi connectivity index (χ0) is 18.8. The predicted molar refractivity (Wildman–Crippen MR) is 94.7 cm³/mol. The van der Waals surface area contributed by atoms with Gasteiger partial charge in [0.05, 0.1) is 12.0 Å². The third-order valence-electron chi connectivity index (χ3n) is 4.74. The van der Waals surface area contributed by atoms with Gasteiger partial charge in [-0.1, -0.05) is 0 Å². The number of aromatic nitrogens is 4. The second-order valence-electron chi connectivity index (χ2n) is 6.70. The van der Waals surface area contributed by atoms with Crippen LogP contribution in [-0.2, 0) is 24.2 Å². The molecule has 8 heteroatoms. The number of fused-ring (bicyclic) bond motifs is 1. The molecule has 0 saturated heterocycles. The van der Waals surface area contributed by atoms with Crippen molar-refractivity contribution in [3.63, 3.8) is 0 Å². The van der Waals surface area contributed by atoms with Gasteiger partial charge >= 0.3 is 0 Å². The van der Waals surface area contributed by atoms with Crippen molar-refractivity contribution < 1.29 is 13.6 Å². The van der Waals surface area contributed by atoms with Gasteiger partial charge in [0, 0.05) is 55.1 Å². The van der Waals surface area contributed by atoms with Crippen molar-refractivity contribution in [2.24, 2.45) is 0 Å². The lowest BCUT2D eigenvalue weighted by Gasteiger charge is -2.24. The van der Waals surface area contributed by atoms with Crippen LogP contribution in [0.3, 0.4) is 0 Å². The summed E-state index contributed by atoms with van der Waals surface area (Å²) in [5, 5.41) is 3.04. The number of hydrogen-bond donors (Lipinski definition) is 2. The Labute approximate surface area is 154 Å². The Morgan fingerprint density at radius 2 is 2.26 bits per heavy atom. The van der Waals surface area contributed by atoms with Crippen LogP contribution in [0.2, 0.25) is 0 Å². The molecule has 0 fully saturated rings. The molecule has 1 atom stereocenters. The number of nitrogens with one attached hydrogen (secondary N) is 2. The minimum absolute atomic E-state index is 0.00637. The van der Waals surface area contributed by atoms with E-state index in [1.54, 1.807) is 18.7 Å². The Kier molecular flexibility index (Phi) is 4.70. The number of carbonyl (C=O) groups excluding carboxylic acids is 1. The first kappa shape index (κ1) is 17.4. The van der Waals surface area contributed by atoms with Gasteiger partial charge in [0.2, 0.25) is 5.91 Å². The second kappa shape index (κ2) is 7.30. The highest BCUT2D eigenvalue weighted by molar-refractivity contribution is 5.76. The minimum atomic E-state index is -0.630. The molecule has 0 saturated carbocycles. The summed E-state index contributed by atoms with van der Waals surface area (Å²) >= 11 is 0. The van der Waals surface area contributed by atoms with E-state index in [1.807, 2.05) is 4.57 Å². The molecule has 27 heavy (non-hydrogen) atoms. The van der Waals surface area contributed by atoms with Crippen LogP contribution in [0.5, 0.6) is 0 Å². The van der Waals surface area contributed by atoms with Gasteiger partial charge in [-0.05, 0) is 25.0 Å². The topological polar surface area (TPSA) is 75.6 Å². The van der Waals surface area contributed by atoms with E-state index in [-0.39, 0.29) is 17.5 Å². The Balaban J connectivity index is 1.39. The molecule has 0 aliphatic carbocycles. The summed E-state index contributed by atoms with van der Waals surface area (Å²) in [7, 11) is 0. The Bertz CT molecular complexity index is 951. The molecule has 3 aromatic rings. The van der Waals surface area contributed by atoms with E-state index in [0.717, 1.165) is 24.0 Å². The van der Waals surface area contributed by atoms with Gasteiger partial charge in [0.15, 0.2) is 0 Å². The summed E-state index contributed by atoms with van der Waals surface area (Å²) in [6.07, 6.45) is 7.53. The normalized spacial score (nSPS) is 16.1. The summed E-state index contributed by atoms with van der Waals surface area (Å²) in [4.78, 5) is 23.6. The fourth-order valence-electron chi connectivity index (χ4n) is 3.36. The highest BCUT2D eigenvalue weighted by Gasteiger charge is 2.23. The van der Waals surface area contributed by atoms with Crippen molar-refractivity contribution in [3.05, 3.63) is 60.1 Å². The number of halogens is 2. The molecule has 2 aromatic heterocycles. The van der Waals surface area contributed by atoms with Gasteiger partial charge in [-0.2, -0.15) is 0 Å². The average Bonchev–Trinajstić information content (AvgIpc) is 3.29. The fourth-order valence-corrected chi connectivity index (χ4v) is 3.36. The van der Waals surface area contributed by atoms with Crippen LogP contribution < -0.4 is 5.32 Å². The molecule has 2 N–H and O–H groups in total. The Hall–Kier alpha value is -3.03. The van der Waals surface area contributed by atoms with Crippen molar-refractivity contribution in [2.45, 2.75) is 38.3 Å². The number of aromatic amines is 1.